The number of rotatable bonds is 3. The number of halogens is 2. The third-order valence-corrected chi connectivity index (χ3v) is 3.75. The molecular formula is C16H14Cl2O2. The summed E-state index contributed by atoms with van der Waals surface area (Å²) in [6.45, 7) is 3.80. The molecule has 0 saturated carbocycles. The van der Waals surface area contributed by atoms with Gasteiger partial charge in [0.1, 0.15) is 5.75 Å². The van der Waals surface area contributed by atoms with E-state index in [1.807, 2.05) is 13.8 Å². The van der Waals surface area contributed by atoms with Crippen LogP contribution in [-0.4, -0.2) is 12.9 Å². The number of hydrogen-bond acceptors (Lipinski definition) is 2. The first-order valence-electron chi connectivity index (χ1n) is 6.09. The molecule has 0 amide bonds. The van der Waals surface area contributed by atoms with Gasteiger partial charge >= 0.3 is 0 Å². The van der Waals surface area contributed by atoms with E-state index in [2.05, 4.69) is 0 Å². The lowest BCUT2D eigenvalue weighted by molar-refractivity contribution is 0.103. The summed E-state index contributed by atoms with van der Waals surface area (Å²) in [4.78, 5) is 12.6. The van der Waals surface area contributed by atoms with E-state index in [9.17, 15) is 4.79 Å². The number of methoxy groups -OCH3 is 1. The van der Waals surface area contributed by atoms with E-state index < -0.39 is 0 Å². The molecule has 0 radical (unpaired) electrons. The molecule has 0 aliphatic heterocycles. The molecule has 0 N–H and O–H groups in total. The Labute approximate surface area is 128 Å². The maximum Gasteiger partial charge on any atom is 0.196 e. The molecule has 0 bridgehead atoms. The fourth-order valence-corrected chi connectivity index (χ4v) is 2.83. The fraction of sp³-hybridized carbons (Fsp3) is 0.188. The highest BCUT2D eigenvalue weighted by atomic mass is 35.5. The van der Waals surface area contributed by atoms with Crippen molar-refractivity contribution in [1.82, 2.24) is 0 Å². The summed E-state index contributed by atoms with van der Waals surface area (Å²) in [5, 5.41) is 0.710. The van der Waals surface area contributed by atoms with Crippen molar-refractivity contribution < 1.29 is 9.53 Å². The zero-order chi connectivity index (χ0) is 14.9. The second-order valence-electron chi connectivity index (χ2n) is 4.57. The van der Waals surface area contributed by atoms with E-state index in [4.69, 9.17) is 27.9 Å². The minimum Gasteiger partial charge on any atom is -0.496 e. The zero-order valence-electron chi connectivity index (χ0n) is 11.5. The molecule has 0 fully saturated rings. The van der Waals surface area contributed by atoms with Gasteiger partial charge in [0.25, 0.3) is 0 Å². The van der Waals surface area contributed by atoms with Gasteiger partial charge < -0.3 is 4.74 Å². The molecule has 2 aromatic carbocycles. The Morgan fingerprint density at radius 1 is 1.05 bits per heavy atom. The third-order valence-electron chi connectivity index (χ3n) is 3.12. The van der Waals surface area contributed by atoms with E-state index in [1.165, 1.54) is 0 Å². The van der Waals surface area contributed by atoms with Crippen LogP contribution in [0, 0.1) is 13.8 Å². The average molecular weight is 309 g/mol. The van der Waals surface area contributed by atoms with Crippen molar-refractivity contribution in [2.75, 3.05) is 7.11 Å². The Hall–Kier alpha value is -1.51. The van der Waals surface area contributed by atoms with Gasteiger partial charge in [-0.1, -0.05) is 29.3 Å². The topological polar surface area (TPSA) is 26.3 Å². The van der Waals surface area contributed by atoms with Crippen LogP contribution < -0.4 is 4.74 Å². The van der Waals surface area contributed by atoms with Crippen molar-refractivity contribution in [3.63, 3.8) is 0 Å². The highest BCUT2D eigenvalue weighted by molar-refractivity contribution is 6.41. The Morgan fingerprint density at radius 2 is 1.55 bits per heavy atom. The van der Waals surface area contributed by atoms with Gasteiger partial charge in [0, 0.05) is 5.56 Å². The van der Waals surface area contributed by atoms with Crippen LogP contribution in [0.2, 0.25) is 10.0 Å². The molecule has 0 aliphatic carbocycles. The fourth-order valence-electron chi connectivity index (χ4n) is 2.26. The van der Waals surface area contributed by atoms with E-state index in [0.717, 1.165) is 16.9 Å². The average Bonchev–Trinajstić information content (AvgIpc) is 2.37. The molecule has 2 nitrogen and oxygen atoms in total. The van der Waals surface area contributed by atoms with E-state index in [0.29, 0.717) is 21.2 Å². The van der Waals surface area contributed by atoms with E-state index in [1.54, 1.807) is 37.4 Å². The van der Waals surface area contributed by atoms with Crippen LogP contribution in [0.5, 0.6) is 5.75 Å². The van der Waals surface area contributed by atoms with E-state index in [-0.39, 0.29) is 5.78 Å². The predicted octanol–water partition coefficient (Wildman–Crippen LogP) is 4.85. The zero-order valence-corrected chi connectivity index (χ0v) is 13.0. The second kappa shape index (κ2) is 5.86. The van der Waals surface area contributed by atoms with Gasteiger partial charge in [-0.15, -0.1) is 0 Å². The van der Waals surface area contributed by atoms with Crippen LogP contribution in [0.15, 0.2) is 30.3 Å². The molecule has 104 valence electrons. The van der Waals surface area contributed by atoms with Crippen molar-refractivity contribution in [2.24, 2.45) is 0 Å². The Balaban J connectivity index is 2.55. The molecule has 2 aromatic rings. The molecule has 0 saturated heterocycles. The molecule has 2 rings (SSSR count). The smallest absolute Gasteiger partial charge is 0.196 e. The van der Waals surface area contributed by atoms with Crippen molar-refractivity contribution in [1.29, 1.82) is 0 Å². The third kappa shape index (κ3) is 2.67. The quantitative estimate of drug-likeness (QED) is 0.758. The lowest BCUT2D eigenvalue weighted by Gasteiger charge is -2.12. The van der Waals surface area contributed by atoms with Gasteiger partial charge in [0.05, 0.1) is 22.7 Å². The van der Waals surface area contributed by atoms with Crippen LogP contribution >= 0.6 is 23.2 Å². The van der Waals surface area contributed by atoms with Crippen molar-refractivity contribution in [3.05, 3.63) is 62.6 Å². The largest absolute Gasteiger partial charge is 0.496 e. The molecule has 0 aliphatic rings. The van der Waals surface area contributed by atoms with Crippen LogP contribution in [0.25, 0.3) is 0 Å². The molecule has 0 aromatic heterocycles. The van der Waals surface area contributed by atoms with Crippen LogP contribution in [0.1, 0.15) is 27.0 Å². The summed E-state index contributed by atoms with van der Waals surface area (Å²) in [5.74, 6) is 0.598. The first-order valence-corrected chi connectivity index (χ1v) is 6.85. The van der Waals surface area contributed by atoms with Crippen LogP contribution in [0.4, 0.5) is 0 Å². The monoisotopic (exact) mass is 308 g/mol. The number of carbonyl (C=O) groups is 1. The van der Waals surface area contributed by atoms with Gasteiger partial charge in [-0.2, -0.15) is 0 Å². The molecular weight excluding hydrogens is 295 g/mol. The lowest BCUT2D eigenvalue weighted by atomic mass is 9.98. The van der Waals surface area contributed by atoms with Gasteiger partial charge in [-0.3, -0.25) is 4.79 Å². The first-order chi connectivity index (χ1) is 9.45. The van der Waals surface area contributed by atoms with Crippen molar-refractivity contribution in [3.8, 4) is 5.75 Å². The Morgan fingerprint density at radius 3 is 2.00 bits per heavy atom. The molecule has 4 heteroatoms. The number of hydrogen-bond donors (Lipinski definition) is 0. The summed E-state index contributed by atoms with van der Waals surface area (Å²) in [7, 11) is 1.61. The van der Waals surface area contributed by atoms with Crippen LogP contribution in [0.3, 0.4) is 0 Å². The normalized spacial score (nSPS) is 10.4. The lowest BCUT2D eigenvalue weighted by Crippen LogP contribution is -2.05. The Bertz CT molecular complexity index is 635. The van der Waals surface area contributed by atoms with Gasteiger partial charge in [-0.05, 0) is 49.2 Å². The molecule has 20 heavy (non-hydrogen) atoms. The van der Waals surface area contributed by atoms with E-state index >= 15 is 0 Å². The number of ketones is 1. The summed E-state index contributed by atoms with van der Waals surface area (Å²) < 4.78 is 5.30. The summed E-state index contributed by atoms with van der Waals surface area (Å²) >= 11 is 12.2. The molecule has 0 heterocycles. The maximum atomic E-state index is 12.6. The van der Waals surface area contributed by atoms with Gasteiger partial charge in [-0.25, -0.2) is 0 Å². The minimum atomic E-state index is -0.186. The summed E-state index contributed by atoms with van der Waals surface area (Å²) in [5.41, 5.74) is 2.69. The van der Waals surface area contributed by atoms with Crippen LogP contribution in [-0.2, 0) is 0 Å². The second-order valence-corrected chi connectivity index (χ2v) is 5.38. The SMILES string of the molecule is COc1c(C)cc(C(=O)c2c(Cl)cccc2Cl)cc1C. The van der Waals surface area contributed by atoms with Crippen molar-refractivity contribution >= 4 is 29.0 Å². The first kappa shape index (κ1) is 14.9. The summed E-state index contributed by atoms with van der Waals surface area (Å²) in [6, 6.07) is 8.60. The molecule has 0 spiro atoms. The highest BCUT2D eigenvalue weighted by Crippen LogP contribution is 2.30. The van der Waals surface area contributed by atoms with Gasteiger partial charge in [0.15, 0.2) is 5.78 Å². The number of ether oxygens (including phenoxy) is 1. The maximum absolute atomic E-state index is 12.6. The standard InChI is InChI=1S/C16H14Cl2O2/c1-9-7-11(8-10(2)16(9)20-3)15(19)14-12(17)5-4-6-13(14)18/h4-8H,1-3H3. The Kier molecular flexibility index (Phi) is 4.36. The molecule has 0 atom stereocenters. The minimum absolute atomic E-state index is 0.186. The number of aryl methyl sites for hydroxylation is 2. The summed E-state index contributed by atoms with van der Waals surface area (Å²) in [6.07, 6.45) is 0. The number of benzene rings is 2. The van der Waals surface area contributed by atoms with Crippen molar-refractivity contribution in [2.45, 2.75) is 13.8 Å². The molecule has 0 unspecified atom stereocenters. The van der Waals surface area contributed by atoms with Gasteiger partial charge in [0.2, 0.25) is 0 Å². The highest BCUT2D eigenvalue weighted by Gasteiger charge is 2.18. The number of carbonyl (C=O) groups excluding carboxylic acids is 1. The predicted molar refractivity (Wildman–Crippen MR) is 82.4 cm³/mol.